The van der Waals surface area contributed by atoms with Gasteiger partial charge in [-0.2, -0.15) is 5.10 Å². The normalized spacial score (nSPS) is 22.4. The van der Waals surface area contributed by atoms with E-state index in [1.165, 1.54) is 0 Å². The quantitative estimate of drug-likeness (QED) is 0.646. The van der Waals surface area contributed by atoms with Gasteiger partial charge in [0.15, 0.2) is 15.5 Å². The summed E-state index contributed by atoms with van der Waals surface area (Å²) in [6.07, 6.45) is 3.17. The molecule has 3 aliphatic rings. The third-order valence-electron chi connectivity index (χ3n) is 7.17. The van der Waals surface area contributed by atoms with E-state index < -0.39 is 9.84 Å². The van der Waals surface area contributed by atoms with Crippen LogP contribution in [-0.2, 0) is 20.3 Å². The monoisotopic (exact) mass is 486 g/mol. The fourth-order valence-corrected chi connectivity index (χ4v) is 6.91. The van der Waals surface area contributed by atoms with Gasteiger partial charge in [-0.25, -0.2) is 8.42 Å². The molecule has 9 heteroatoms. The highest BCUT2D eigenvalue weighted by Crippen LogP contribution is 2.41. The second-order valence-electron chi connectivity index (χ2n) is 10.1. The van der Waals surface area contributed by atoms with Crippen LogP contribution < -0.4 is 0 Å². The van der Waals surface area contributed by atoms with E-state index in [4.69, 9.17) is 9.84 Å². The molecule has 0 spiro atoms. The zero-order valence-electron chi connectivity index (χ0n) is 20.1. The SMILES string of the molecule is CC(C)CCN1CCCC(n2nc(C(=O)N3CCOCC3)c3c2-c2ccccc2S(=O)(=O)C3)C1. The van der Waals surface area contributed by atoms with Gasteiger partial charge in [0, 0.05) is 30.8 Å². The van der Waals surface area contributed by atoms with Crippen LogP contribution in [0.15, 0.2) is 29.2 Å². The van der Waals surface area contributed by atoms with Crippen molar-refractivity contribution in [3.63, 3.8) is 0 Å². The van der Waals surface area contributed by atoms with Gasteiger partial charge in [0.05, 0.1) is 35.6 Å². The number of likely N-dealkylation sites (tertiary alicyclic amines) is 1. The van der Waals surface area contributed by atoms with Gasteiger partial charge in [0.1, 0.15) is 0 Å². The van der Waals surface area contributed by atoms with E-state index in [2.05, 4.69) is 18.7 Å². The molecular formula is C25H34N4O4S. The number of piperidine rings is 1. The predicted octanol–water partition coefficient (Wildman–Crippen LogP) is 2.99. The molecule has 1 atom stereocenters. The number of amides is 1. The molecule has 2 saturated heterocycles. The highest BCUT2D eigenvalue weighted by molar-refractivity contribution is 7.90. The first-order valence-corrected chi connectivity index (χ1v) is 14.0. The molecule has 1 aromatic carbocycles. The molecule has 5 rings (SSSR count). The summed E-state index contributed by atoms with van der Waals surface area (Å²) >= 11 is 0. The van der Waals surface area contributed by atoms with Gasteiger partial charge in [-0.05, 0) is 44.3 Å². The van der Waals surface area contributed by atoms with Crippen LogP contribution in [-0.4, -0.2) is 79.8 Å². The number of nitrogens with zero attached hydrogens (tertiary/aromatic N) is 4. The van der Waals surface area contributed by atoms with Gasteiger partial charge in [0.25, 0.3) is 5.91 Å². The zero-order chi connectivity index (χ0) is 23.9. The Morgan fingerprint density at radius 1 is 1.18 bits per heavy atom. The maximum Gasteiger partial charge on any atom is 0.274 e. The molecule has 4 heterocycles. The first-order valence-electron chi connectivity index (χ1n) is 12.4. The van der Waals surface area contributed by atoms with Crippen LogP contribution in [0.1, 0.15) is 55.2 Å². The predicted molar refractivity (Wildman–Crippen MR) is 129 cm³/mol. The molecule has 0 N–H and O–H groups in total. The number of hydrogen-bond acceptors (Lipinski definition) is 6. The number of hydrogen-bond donors (Lipinski definition) is 0. The number of fused-ring (bicyclic) bond motifs is 3. The Labute approximate surface area is 201 Å². The number of rotatable bonds is 5. The van der Waals surface area contributed by atoms with E-state index in [0.717, 1.165) is 44.6 Å². The molecule has 2 aromatic rings. The maximum atomic E-state index is 13.5. The topological polar surface area (TPSA) is 84.7 Å². The Morgan fingerprint density at radius 2 is 1.94 bits per heavy atom. The van der Waals surface area contributed by atoms with Crippen LogP contribution in [0, 0.1) is 5.92 Å². The number of benzene rings is 1. The molecule has 8 nitrogen and oxygen atoms in total. The molecule has 0 bridgehead atoms. The van der Waals surface area contributed by atoms with E-state index in [-0.39, 0.29) is 23.4 Å². The van der Waals surface area contributed by atoms with Crippen molar-refractivity contribution < 1.29 is 17.9 Å². The highest BCUT2D eigenvalue weighted by atomic mass is 32.2. The molecule has 1 amide bonds. The first kappa shape index (κ1) is 23.5. The van der Waals surface area contributed by atoms with Crippen molar-refractivity contribution in [2.24, 2.45) is 5.92 Å². The Bertz CT molecular complexity index is 1170. The standard InChI is InChI=1S/C25H34N4O4S/c1-18(2)9-11-27-10-5-6-19(16-27)29-24-20-7-3-4-8-22(20)34(31,32)17-21(24)23(26-29)25(30)28-12-14-33-15-13-28/h3-4,7-8,18-19H,5-6,9-17H2,1-2H3. The third kappa shape index (κ3) is 4.41. The summed E-state index contributed by atoms with van der Waals surface area (Å²) < 4.78 is 33.8. The van der Waals surface area contributed by atoms with Gasteiger partial charge in [-0.3, -0.25) is 9.48 Å². The minimum Gasteiger partial charge on any atom is -0.378 e. The van der Waals surface area contributed by atoms with E-state index in [1.807, 2.05) is 16.8 Å². The van der Waals surface area contributed by atoms with Gasteiger partial charge in [0.2, 0.25) is 0 Å². The average Bonchev–Trinajstić information content (AvgIpc) is 3.22. The minimum absolute atomic E-state index is 0.106. The number of carbonyl (C=O) groups excluding carboxylic acids is 1. The van der Waals surface area contributed by atoms with E-state index in [9.17, 15) is 13.2 Å². The summed E-state index contributed by atoms with van der Waals surface area (Å²) in [4.78, 5) is 18.1. The molecule has 0 saturated carbocycles. The molecule has 3 aliphatic heterocycles. The fraction of sp³-hybridized carbons (Fsp3) is 0.600. The summed E-state index contributed by atoms with van der Waals surface area (Å²) in [6.45, 7) is 9.43. The first-order chi connectivity index (χ1) is 16.3. The molecule has 1 unspecified atom stereocenters. The lowest BCUT2D eigenvalue weighted by Gasteiger charge is -2.34. The van der Waals surface area contributed by atoms with Crippen molar-refractivity contribution in [2.75, 3.05) is 45.9 Å². The van der Waals surface area contributed by atoms with Gasteiger partial charge < -0.3 is 14.5 Å². The average molecular weight is 487 g/mol. The van der Waals surface area contributed by atoms with E-state index in [1.54, 1.807) is 17.0 Å². The summed E-state index contributed by atoms with van der Waals surface area (Å²) in [6, 6.07) is 7.25. The third-order valence-corrected chi connectivity index (χ3v) is 8.87. The Morgan fingerprint density at radius 3 is 2.71 bits per heavy atom. The van der Waals surface area contributed by atoms with Crippen LogP contribution in [0.4, 0.5) is 0 Å². The van der Waals surface area contributed by atoms with Crippen molar-refractivity contribution in [2.45, 2.75) is 49.8 Å². The largest absolute Gasteiger partial charge is 0.378 e. The van der Waals surface area contributed by atoms with E-state index in [0.29, 0.717) is 48.2 Å². The van der Waals surface area contributed by atoms with Crippen LogP contribution in [0.5, 0.6) is 0 Å². The molecule has 34 heavy (non-hydrogen) atoms. The van der Waals surface area contributed by atoms with Crippen LogP contribution >= 0.6 is 0 Å². The Hall–Kier alpha value is -2.23. The minimum atomic E-state index is -3.55. The van der Waals surface area contributed by atoms with Crippen LogP contribution in [0.3, 0.4) is 0 Å². The Balaban J connectivity index is 1.58. The summed E-state index contributed by atoms with van der Waals surface area (Å²) in [5.41, 5.74) is 2.30. The number of aromatic nitrogens is 2. The lowest BCUT2D eigenvalue weighted by Crippen LogP contribution is -2.41. The summed E-state index contributed by atoms with van der Waals surface area (Å²) in [7, 11) is -3.55. The zero-order valence-corrected chi connectivity index (χ0v) is 20.9. The molecule has 2 fully saturated rings. The Kier molecular flexibility index (Phi) is 6.52. The van der Waals surface area contributed by atoms with E-state index >= 15 is 0 Å². The van der Waals surface area contributed by atoms with Gasteiger partial charge >= 0.3 is 0 Å². The molecule has 184 valence electrons. The van der Waals surface area contributed by atoms with Crippen molar-refractivity contribution in [3.8, 4) is 11.3 Å². The lowest BCUT2D eigenvalue weighted by molar-refractivity contribution is 0.0297. The maximum absolute atomic E-state index is 13.5. The molecular weight excluding hydrogens is 452 g/mol. The van der Waals surface area contributed by atoms with Crippen LogP contribution in [0.25, 0.3) is 11.3 Å². The number of morpholine rings is 1. The van der Waals surface area contributed by atoms with Crippen molar-refractivity contribution in [1.82, 2.24) is 19.6 Å². The summed E-state index contributed by atoms with van der Waals surface area (Å²) in [5, 5.41) is 4.88. The van der Waals surface area contributed by atoms with Gasteiger partial charge in [-0.15, -0.1) is 0 Å². The second-order valence-corrected chi connectivity index (χ2v) is 12.0. The van der Waals surface area contributed by atoms with Gasteiger partial charge in [-0.1, -0.05) is 32.0 Å². The van der Waals surface area contributed by atoms with Crippen molar-refractivity contribution in [1.29, 1.82) is 0 Å². The number of ether oxygens (including phenoxy) is 1. The molecule has 1 aromatic heterocycles. The lowest BCUT2D eigenvalue weighted by atomic mass is 10.0. The van der Waals surface area contributed by atoms with Crippen molar-refractivity contribution >= 4 is 15.7 Å². The van der Waals surface area contributed by atoms with Crippen molar-refractivity contribution in [3.05, 3.63) is 35.5 Å². The smallest absolute Gasteiger partial charge is 0.274 e. The van der Waals surface area contributed by atoms with Crippen LogP contribution in [0.2, 0.25) is 0 Å². The molecule has 0 aliphatic carbocycles. The fourth-order valence-electron chi connectivity index (χ4n) is 5.32. The highest BCUT2D eigenvalue weighted by Gasteiger charge is 2.38. The number of sulfone groups is 1. The summed E-state index contributed by atoms with van der Waals surface area (Å²) in [5.74, 6) is 0.266. The number of carbonyl (C=O) groups is 1. The second kappa shape index (κ2) is 9.43. The molecule has 0 radical (unpaired) electrons.